The van der Waals surface area contributed by atoms with Crippen molar-refractivity contribution < 1.29 is 25.7 Å². The summed E-state index contributed by atoms with van der Waals surface area (Å²) in [4.78, 5) is -1.15. The topological polar surface area (TPSA) is 33.9 Å². The molecule has 1 aliphatic carbocycles. The minimum absolute atomic E-state index is 0.276. The molecule has 1 saturated carbocycles. The lowest BCUT2D eigenvalue weighted by Gasteiger charge is -2.39. The standard InChI is InChI=1S/C17H27NO2/c1-18(2)13-16(17(19)11-5-4-6-12-17)14-7-9-15(20-3)10-8-14/h7-10,16,19H,4-6,11-13H2,1-3H3/p+1/t16-/m1/s1/i1D3,2D3,13D2. The second-order valence-corrected chi connectivity index (χ2v) is 5.39. The van der Waals surface area contributed by atoms with Crippen LogP contribution in [0.1, 0.15) is 54.6 Å². The number of rotatable bonds is 5. The Morgan fingerprint density at radius 3 is 2.50 bits per heavy atom. The van der Waals surface area contributed by atoms with Gasteiger partial charge in [0.15, 0.2) is 0 Å². The molecule has 2 rings (SSSR count). The first kappa shape index (κ1) is 7.81. The van der Waals surface area contributed by atoms with Gasteiger partial charge in [-0.05, 0) is 30.5 Å². The normalized spacial score (nSPS) is 27.8. The zero-order valence-corrected chi connectivity index (χ0v) is 11.8. The van der Waals surface area contributed by atoms with Crippen molar-refractivity contribution in [2.45, 2.75) is 43.6 Å². The summed E-state index contributed by atoms with van der Waals surface area (Å²) in [6.07, 6.45) is 2.76. The molecule has 1 fully saturated rings. The van der Waals surface area contributed by atoms with Gasteiger partial charge in [-0.25, -0.2) is 0 Å². The number of ether oxygens (including phenoxy) is 1. The number of likely N-dealkylation sites (N-methyl/N-ethyl adjacent to an activating group) is 1. The molecular weight excluding hydrogens is 250 g/mol. The number of benzene rings is 1. The largest absolute Gasteiger partial charge is 0.497 e. The minimum Gasteiger partial charge on any atom is -0.497 e. The number of aliphatic hydroxyl groups is 1. The minimum atomic E-state index is -3.13. The molecule has 20 heavy (non-hydrogen) atoms. The third-order valence-electron chi connectivity index (χ3n) is 3.99. The van der Waals surface area contributed by atoms with E-state index in [9.17, 15) is 5.11 Å². The van der Waals surface area contributed by atoms with Crippen LogP contribution in [-0.2, 0) is 0 Å². The highest BCUT2D eigenvalue weighted by Crippen LogP contribution is 2.39. The van der Waals surface area contributed by atoms with E-state index in [2.05, 4.69) is 0 Å². The highest BCUT2D eigenvalue weighted by Gasteiger charge is 2.40. The van der Waals surface area contributed by atoms with Gasteiger partial charge in [0.1, 0.15) is 5.75 Å². The maximum atomic E-state index is 11.4. The Kier molecular flexibility index (Phi) is 2.57. The molecule has 3 heteroatoms. The van der Waals surface area contributed by atoms with E-state index in [-0.39, 0.29) is 12.8 Å². The van der Waals surface area contributed by atoms with Gasteiger partial charge in [0.05, 0.1) is 50.0 Å². The van der Waals surface area contributed by atoms with Crippen LogP contribution < -0.4 is 9.64 Å². The van der Waals surface area contributed by atoms with Crippen LogP contribution in [0.15, 0.2) is 24.3 Å². The van der Waals surface area contributed by atoms with Crippen LogP contribution in [0.3, 0.4) is 0 Å². The molecule has 1 atom stereocenters. The van der Waals surface area contributed by atoms with E-state index in [1.165, 1.54) is 7.11 Å². The van der Waals surface area contributed by atoms with Crippen molar-refractivity contribution in [2.75, 3.05) is 27.6 Å². The quantitative estimate of drug-likeness (QED) is 0.862. The molecule has 0 heterocycles. The van der Waals surface area contributed by atoms with Crippen LogP contribution in [0.4, 0.5) is 0 Å². The average Bonchev–Trinajstić information content (AvgIpc) is 2.52. The second-order valence-electron chi connectivity index (χ2n) is 5.39. The van der Waals surface area contributed by atoms with E-state index in [4.69, 9.17) is 15.7 Å². The maximum absolute atomic E-state index is 11.4. The van der Waals surface area contributed by atoms with Crippen molar-refractivity contribution in [3.63, 3.8) is 0 Å². The van der Waals surface area contributed by atoms with Gasteiger partial charge in [-0.1, -0.05) is 31.4 Å². The van der Waals surface area contributed by atoms with Crippen molar-refractivity contribution in [3.05, 3.63) is 29.8 Å². The first-order valence-corrected chi connectivity index (χ1v) is 6.98. The third-order valence-corrected chi connectivity index (χ3v) is 3.99. The van der Waals surface area contributed by atoms with Crippen LogP contribution in [0.2, 0.25) is 0 Å². The van der Waals surface area contributed by atoms with Gasteiger partial charge in [-0.15, -0.1) is 0 Å². The second kappa shape index (κ2) is 6.59. The Morgan fingerprint density at radius 1 is 1.30 bits per heavy atom. The maximum Gasteiger partial charge on any atom is 0.118 e. The summed E-state index contributed by atoms with van der Waals surface area (Å²) < 4.78 is 68.6. The third kappa shape index (κ3) is 3.53. The lowest BCUT2D eigenvalue weighted by atomic mass is 9.72. The fourth-order valence-electron chi connectivity index (χ4n) is 2.92. The van der Waals surface area contributed by atoms with E-state index < -0.39 is 36.9 Å². The molecule has 0 aliphatic heterocycles. The fourth-order valence-corrected chi connectivity index (χ4v) is 2.92. The van der Waals surface area contributed by atoms with Gasteiger partial charge in [0.25, 0.3) is 0 Å². The summed E-state index contributed by atoms with van der Waals surface area (Å²) in [5.41, 5.74) is -1.20. The molecule has 1 aromatic rings. The van der Waals surface area contributed by atoms with Crippen molar-refractivity contribution >= 4 is 0 Å². The van der Waals surface area contributed by atoms with Crippen LogP contribution in [0.5, 0.6) is 5.75 Å². The van der Waals surface area contributed by atoms with Gasteiger partial charge < -0.3 is 14.7 Å². The highest BCUT2D eigenvalue weighted by atomic mass is 16.5. The van der Waals surface area contributed by atoms with Crippen LogP contribution in [-0.4, -0.2) is 38.3 Å². The highest BCUT2D eigenvalue weighted by molar-refractivity contribution is 5.31. The Hall–Kier alpha value is -1.06. The molecule has 2 N–H and O–H groups in total. The lowest BCUT2D eigenvalue weighted by Crippen LogP contribution is -3.06. The molecule has 1 aromatic carbocycles. The Bertz CT molecular complexity index is 637. The number of nitrogens with one attached hydrogen (secondary N) is 1. The lowest BCUT2D eigenvalue weighted by molar-refractivity contribution is -0.860. The number of quaternary nitrogens is 1. The monoisotopic (exact) mass is 286 g/mol. The predicted molar refractivity (Wildman–Crippen MR) is 81.4 cm³/mol. The van der Waals surface area contributed by atoms with Crippen LogP contribution >= 0.6 is 0 Å². The van der Waals surface area contributed by atoms with E-state index >= 15 is 0 Å². The van der Waals surface area contributed by atoms with E-state index in [0.29, 0.717) is 24.2 Å². The fraction of sp³-hybridized carbons (Fsp3) is 0.647. The first-order chi connectivity index (χ1) is 12.7. The first-order valence-electron chi connectivity index (χ1n) is 11.0. The number of hydrogen-bond acceptors (Lipinski definition) is 2. The predicted octanol–water partition coefficient (Wildman–Crippen LogP) is 1.62. The SMILES string of the molecule is [2H]C([2H])([2H])[NH+](C([2H])([2H])[2H])C([2H])([2H])[C@H](c1ccc(OC)cc1)C1(O)CCCCC1. The van der Waals surface area contributed by atoms with Crippen LogP contribution in [0, 0.1) is 0 Å². The zero-order valence-electron chi connectivity index (χ0n) is 19.8. The molecular formula is C17H28NO2+. The Labute approximate surface area is 133 Å². The molecule has 0 saturated heterocycles. The van der Waals surface area contributed by atoms with Gasteiger partial charge >= 0.3 is 0 Å². The summed E-state index contributed by atoms with van der Waals surface area (Å²) >= 11 is 0. The van der Waals surface area contributed by atoms with E-state index in [1.54, 1.807) is 24.3 Å². The molecule has 0 aromatic heterocycles. The Balaban J connectivity index is 2.64. The van der Waals surface area contributed by atoms with Gasteiger partial charge in [0.2, 0.25) is 0 Å². The molecule has 112 valence electrons. The molecule has 0 amide bonds. The molecule has 3 nitrogen and oxygen atoms in total. The summed E-state index contributed by atoms with van der Waals surface area (Å²) in [7, 11) is 1.48. The summed E-state index contributed by atoms with van der Waals surface area (Å²) in [6, 6.07) is 6.30. The van der Waals surface area contributed by atoms with Crippen molar-refractivity contribution in [1.29, 1.82) is 0 Å². The van der Waals surface area contributed by atoms with Gasteiger partial charge in [-0.2, -0.15) is 0 Å². The van der Waals surface area contributed by atoms with Crippen molar-refractivity contribution in [2.24, 2.45) is 0 Å². The molecule has 0 spiro atoms. The molecule has 1 aliphatic rings. The molecule has 0 unspecified atom stereocenters. The number of hydrogen-bond donors (Lipinski definition) is 2. The molecule has 0 radical (unpaired) electrons. The zero-order chi connectivity index (χ0) is 21.4. The van der Waals surface area contributed by atoms with Gasteiger partial charge in [-0.3, -0.25) is 0 Å². The number of methoxy groups -OCH3 is 1. The molecule has 0 bridgehead atoms. The van der Waals surface area contributed by atoms with Crippen LogP contribution in [0.25, 0.3) is 0 Å². The summed E-state index contributed by atoms with van der Waals surface area (Å²) in [5, 5.41) is 11.4. The van der Waals surface area contributed by atoms with E-state index in [0.717, 1.165) is 6.42 Å². The smallest absolute Gasteiger partial charge is 0.118 e. The Morgan fingerprint density at radius 2 is 1.95 bits per heavy atom. The van der Waals surface area contributed by atoms with Crippen molar-refractivity contribution in [3.8, 4) is 5.75 Å². The summed E-state index contributed by atoms with van der Waals surface area (Å²) in [6.45, 7) is -9.05. The average molecular weight is 286 g/mol. The van der Waals surface area contributed by atoms with Gasteiger partial charge in [0, 0.05) is 0 Å². The van der Waals surface area contributed by atoms with Crippen molar-refractivity contribution in [1.82, 2.24) is 0 Å². The summed E-state index contributed by atoms with van der Waals surface area (Å²) in [5.74, 6) is -0.809. The van der Waals surface area contributed by atoms with E-state index in [1.807, 2.05) is 0 Å².